The van der Waals surface area contributed by atoms with Crippen LogP contribution >= 0.6 is 0 Å². The summed E-state index contributed by atoms with van der Waals surface area (Å²) in [6.45, 7) is 0. The van der Waals surface area contributed by atoms with Gasteiger partial charge in [0.15, 0.2) is 17.5 Å². The Kier molecular flexibility index (Phi) is 6.78. The van der Waals surface area contributed by atoms with E-state index in [9.17, 15) is 5.26 Å². The molecule has 5 nitrogen and oxygen atoms in total. The molecule has 0 fully saturated rings. The summed E-state index contributed by atoms with van der Waals surface area (Å²) in [5, 5.41) is 14.1. The van der Waals surface area contributed by atoms with Gasteiger partial charge in [0.2, 0.25) is 0 Å². The average molecular weight is 627 g/mol. The van der Waals surface area contributed by atoms with Crippen LogP contribution in [0.1, 0.15) is 5.56 Å². The van der Waals surface area contributed by atoms with Gasteiger partial charge in [0.1, 0.15) is 11.2 Å². The molecule has 0 aliphatic rings. The molecule has 0 atom stereocenters. The van der Waals surface area contributed by atoms with Crippen molar-refractivity contribution in [1.29, 1.82) is 5.26 Å². The van der Waals surface area contributed by atoms with Crippen molar-refractivity contribution in [3.8, 4) is 62.5 Å². The van der Waals surface area contributed by atoms with E-state index < -0.39 is 0 Å². The molecule has 0 N–H and O–H groups in total. The maximum atomic E-state index is 9.61. The van der Waals surface area contributed by atoms with Gasteiger partial charge in [0.05, 0.1) is 11.6 Å². The number of furan rings is 1. The van der Waals surface area contributed by atoms with Crippen LogP contribution in [0, 0.1) is 11.3 Å². The summed E-state index contributed by atoms with van der Waals surface area (Å²) in [4.78, 5) is 14.8. The average Bonchev–Trinajstić information content (AvgIpc) is 3.56. The van der Waals surface area contributed by atoms with E-state index >= 15 is 0 Å². The van der Waals surface area contributed by atoms with Crippen LogP contribution in [0.3, 0.4) is 0 Å². The first kappa shape index (κ1) is 28.3. The second-order valence-corrected chi connectivity index (χ2v) is 12.0. The van der Waals surface area contributed by atoms with Gasteiger partial charge in [0, 0.05) is 27.5 Å². The molecule has 2 heterocycles. The third kappa shape index (κ3) is 5.09. The maximum Gasteiger partial charge on any atom is 0.164 e. The van der Waals surface area contributed by atoms with Crippen LogP contribution in [-0.2, 0) is 0 Å². The number of nitrogens with zero attached hydrogens (tertiary/aromatic N) is 4. The van der Waals surface area contributed by atoms with Crippen LogP contribution in [0.15, 0.2) is 162 Å². The first-order valence-corrected chi connectivity index (χ1v) is 16.1. The molecule has 0 saturated carbocycles. The molecule has 49 heavy (non-hydrogen) atoms. The summed E-state index contributed by atoms with van der Waals surface area (Å²) >= 11 is 0. The van der Waals surface area contributed by atoms with Crippen LogP contribution in [0.2, 0.25) is 0 Å². The Morgan fingerprint density at radius 2 is 1.04 bits per heavy atom. The molecular formula is C44H26N4O. The third-order valence-corrected chi connectivity index (χ3v) is 8.98. The van der Waals surface area contributed by atoms with Gasteiger partial charge in [-0.25, -0.2) is 15.0 Å². The molecule has 9 aromatic rings. The number of nitriles is 1. The molecule has 0 radical (unpaired) electrons. The smallest absolute Gasteiger partial charge is 0.164 e. The fourth-order valence-corrected chi connectivity index (χ4v) is 6.54. The SMILES string of the molecule is N#Cc1ccccc1-c1ccc(-c2nc(-c3ccccc3)nc(-c3ccc4c(c3)oc3cccc(-c5ccc6ccccc6c5)c34)n2)cc1. The molecule has 0 saturated heterocycles. The molecule has 2 aromatic heterocycles. The van der Waals surface area contributed by atoms with Gasteiger partial charge in [-0.15, -0.1) is 0 Å². The number of hydrogen-bond donors (Lipinski definition) is 0. The molecule has 0 aliphatic carbocycles. The summed E-state index contributed by atoms with van der Waals surface area (Å²) < 4.78 is 6.47. The molecule has 0 unspecified atom stereocenters. The minimum absolute atomic E-state index is 0.555. The van der Waals surface area contributed by atoms with Gasteiger partial charge in [-0.3, -0.25) is 0 Å². The zero-order valence-corrected chi connectivity index (χ0v) is 26.2. The number of fused-ring (bicyclic) bond motifs is 4. The van der Waals surface area contributed by atoms with E-state index in [1.54, 1.807) is 0 Å². The fraction of sp³-hybridized carbons (Fsp3) is 0. The van der Waals surface area contributed by atoms with Crippen molar-refractivity contribution in [2.45, 2.75) is 0 Å². The Hall–Kier alpha value is -6.90. The van der Waals surface area contributed by atoms with E-state index in [1.807, 2.05) is 97.1 Å². The first-order chi connectivity index (χ1) is 24.2. The summed E-state index contributed by atoms with van der Waals surface area (Å²) in [5.74, 6) is 1.70. The molecule has 228 valence electrons. The monoisotopic (exact) mass is 626 g/mol. The Bertz CT molecular complexity index is 2720. The number of benzene rings is 7. The third-order valence-electron chi connectivity index (χ3n) is 8.98. The molecule has 5 heteroatoms. The topological polar surface area (TPSA) is 75.6 Å². The quantitative estimate of drug-likeness (QED) is 0.190. The first-order valence-electron chi connectivity index (χ1n) is 16.1. The summed E-state index contributed by atoms with van der Waals surface area (Å²) in [5.41, 5.74) is 8.94. The van der Waals surface area contributed by atoms with E-state index in [4.69, 9.17) is 19.4 Å². The van der Waals surface area contributed by atoms with Crippen molar-refractivity contribution < 1.29 is 4.42 Å². The highest BCUT2D eigenvalue weighted by Crippen LogP contribution is 2.39. The minimum Gasteiger partial charge on any atom is -0.456 e. The lowest BCUT2D eigenvalue weighted by Crippen LogP contribution is -2.00. The number of hydrogen-bond acceptors (Lipinski definition) is 5. The maximum absolute atomic E-state index is 9.61. The van der Waals surface area contributed by atoms with Crippen LogP contribution in [0.25, 0.3) is 89.1 Å². The fourth-order valence-electron chi connectivity index (χ4n) is 6.54. The summed E-state index contributed by atoms with van der Waals surface area (Å²) in [6.07, 6.45) is 0. The highest BCUT2D eigenvalue weighted by atomic mass is 16.3. The van der Waals surface area contributed by atoms with E-state index in [2.05, 4.69) is 66.7 Å². The molecule has 0 amide bonds. The van der Waals surface area contributed by atoms with Crippen LogP contribution in [-0.4, -0.2) is 15.0 Å². The van der Waals surface area contributed by atoms with Gasteiger partial charge in [-0.2, -0.15) is 5.26 Å². The van der Waals surface area contributed by atoms with E-state index in [0.29, 0.717) is 23.0 Å². The van der Waals surface area contributed by atoms with Gasteiger partial charge in [-0.1, -0.05) is 127 Å². The van der Waals surface area contributed by atoms with Crippen LogP contribution in [0.5, 0.6) is 0 Å². The lowest BCUT2D eigenvalue weighted by molar-refractivity contribution is 0.669. The molecule has 7 aromatic carbocycles. The Morgan fingerprint density at radius 3 is 1.84 bits per heavy atom. The van der Waals surface area contributed by atoms with Crippen LogP contribution < -0.4 is 0 Å². The highest BCUT2D eigenvalue weighted by Gasteiger charge is 2.17. The lowest BCUT2D eigenvalue weighted by Gasteiger charge is -2.09. The number of rotatable bonds is 5. The van der Waals surface area contributed by atoms with Crippen molar-refractivity contribution in [2.24, 2.45) is 0 Å². The Morgan fingerprint density at radius 1 is 0.429 bits per heavy atom. The van der Waals surface area contributed by atoms with E-state index in [1.165, 1.54) is 10.8 Å². The van der Waals surface area contributed by atoms with Gasteiger partial charge < -0.3 is 4.42 Å². The second-order valence-electron chi connectivity index (χ2n) is 12.0. The van der Waals surface area contributed by atoms with E-state index in [0.717, 1.165) is 60.9 Å². The Balaban J connectivity index is 1.16. The van der Waals surface area contributed by atoms with Crippen molar-refractivity contribution in [3.05, 3.63) is 163 Å². The predicted molar refractivity (Wildman–Crippen MR) is 197 cm³/mol. The van der Waals surface area contributed by atoms with Crippen molar-refractivity contribution >= 4 is 32.7 Å². The van der Waals surface area contributed by atoms with Gasteiger partial charge >= 0.3 is 0 Å². The van der Waals surface area contributed by atoms with E-state index in [-0.39, 0.29) is 0 Å². The summed E-state index contributed by atoms with van der Waals surface area (Å²) in [7, 11) is 0. The second kappa shape index (κ2) is 11.7. The highest BCUT2D eigenvalue weighted by molar-refractivity contribution is 6.13. The normalized spacial score (nSPS) is 11.2. The zero-order chi connectivity index (χ0) is 32.7. The minimum atomic E-state index is 0.555. The molecule has 9 rings (SSSR count). The standard InChI is InChI=1S/C44H26N4O/c45-27-35-13-6-7-14-36(35)29-18-20-31(21-19-29)43-46-42(30-10-2-1-3-11-30)47-44(48-43)34-23-24-38-40(26-34)49-39-16-8-15-37(41(38)39)33-22-17-28-9-4-5-12-32(28)25-33/h1-26H. The Labute approximate surface area is 282 Å². The predicted octanol–water partition coefficient (Wildman–Crippen LogP) is 11.1. The van der Waals surface area contributed by atoms with Gasteiger partial charge in [-0.05, 0) is 63.4 Å². The largest absolute Gasteiger partial charge is 0.456 e. The molecule has 0 spiro atoms. The van der Waals surface area contributed by atoms with Crippen LogP contribution in [0.4, 0.5) is 0 Å². The lowest BCUT2D eigenvalue weighted by atomic mass is 9.97. The molecule has 0 bridgehead atoms. The van der Waals surface area contributed by atoms with Crippen molar-refractivity contribution in [2.75, 3.05) is 0 Å². The zero-order valence-electron chi connectivity index (χ0n) is 26.2. The summed E-state index contributed by atoms with van der Waals surface area (Å²) in [6, 6.07) is 55.3. The molecular weight excluding hydrogens is 601 g/mol. The van der Waals surface area contributed by atoms with Crippen molar-refractivity contribution in [3.63, 3.8) is 0 Å². The number of aromatic nitrogens is 3. The molecule has 0 aliphatic heterocycles. The van der Waals surface area contributed by atoms with Gasteiger partial charge in [0.25, 0.3) is 0 Å². The van der Waals surface area contributed by atoms with Crippen molar-refractivity contribution in [1.82, 2.24) is 15.0 Å².